The average Bonchev–Trinajstić information content (AvgIpc) is 3.77. The summed E-state index contributed by atoms with van der Waals surface area (Å²) < 4.78 is 7.06. The fourth-order valence-corrected chi connectivity index (χ4v) is 7.25. The number of hydrogen-bond donors (Lipinski definition) is 0. The first kappa shape index (κ1) is 22.8. The molecule has 0 N–H and O–H groups in total. The Balaban J connectivity index is 1.45. The Morgan fingerprint density at radius 2 is 0.884 bits per heavy atom. The number of fused-ring (bicyclic) bond motifs is 12. The number of benzene rings is 6. The first-order chi connectivity index (χ1) is 21.3. The van der Waals surface area contributed by atoms with E-state index in [9.17, 15) is 0 Å². The highest BCUT2D eigenvalue weighted by Gasteiger charge is 2.20. The standard InChI is InChI=1S/C39H24N4/c1-3-11-25(12-4-1)42-34-18-10-9-16-28(34)32-22-37-33(23-36(32)42)31-21-30-27-15-7-8-17-29(27)39-40-19-20-41(39)35(30)24-38(31)43(37)26-13-5-2-6-14-26/h1-24H. The lowest BCUT2D eigenvalue weighted by Gasteiger charge is -2.11. The fraction of sp³-hybridized carbons (Fsp3) is 0. The molecule has 6 aromatic carbocycles. The number of rotatable bonds is 2. The normalized spacial score (nSPS) is 12.2. The van der Waals surface area contributed by atoms with Crippen LogP contribution in [0.4, 0.5) is 0 Å². The average molecular weight is 549 g/mol. The molecule has 0 saturated heterocycles. The fourth-order valence-electron chi connectivity index (χ4n) is 7.25. The van der Waals surface area contributed by atoms with E-state index in [1.807, 2.05) is 6.20 Å². The van der Waals surface area contributed by atoms with Gasteiger partial charge in [-0.3, -0.25) is 4.40 Å². The second kappa shape index (κ2) is 8.34. The van der Waals surface area contributed by atoms with Crippen LogP contribution in [0.3, 0.4) is 0 Å². The number of imidazole rings is 1. The van der Waals surface area contributed by atoms with Crippen LogP contribution in [-0.2, 0) is 0 Å². The van der Waals surface area contributed by atoms with Crippen LogP contribution >= 0.6 is 0 Å². The Hall–Kier alpha value is -5.87. The van der Waals surface area contributed by atoms with Crippen LogP contribution in [0, 0.1) is 0 Å². The van der Waals surface area contributed by atoms with E-state index in [-0.39, 0.29) is 0 Å². The molecule has 0 fully saturated rings. The summed E-state index contributed by atoms with van der Waals surface area (Å²) in [6, 6.07) is 48.4. The zero-order chi connectivity index (χ0) is 28.1. The molecule has 0 aliphatic heterocycles. The molecule has 200 valence electrons. The van der Waals surface area contributed by atoms with Crippen molar-refractivity contribution >= 4 is 70.9 Å². The molecule has 0 amide bonds. The molecule has 0 atom stereocenters. The third kappa shape index (κ3) is 3.02. The molecule has 4 aromatic heterocycles. The number of para-hydroxylation sites is 3. The highest BCUT2D eigenvalue weighted by atomic mass is 15.0. The molecule has 43 heavy (non-hydrogen) atoms. The molecule has 4 heterocycles. The molecule has 4 nitrogen and oxygen atoms in total. The SMILES string of the molecule is c1ccc(-n2c3ccccc3c3cc4c(cc32)c2cc3c5ccccc5c5nccn5c3cc2n4-c2ccccc2)cc1. The monoisotopic (exact) mass is 548 g/mol. The Morgan fingerprint density at radius 1 is 0.372 bits per heavy atom. The van der Waals surface area contributed by atoms with Gasteiger partial charge >= 0.3 is 0 Å². The van der Waals surface area contributed by atoms with Crippen molar-refractivity contribution in [1.82, 2.24) is 18.5 Å². The van der Waals surface area contributed by atoms with E-state index in [1.165, 1.54) is 60.1 Å². The quantitative estimate of drug-likeness (QED) is 0.198. The van der Waals surface area contributed by atoms with Crippen LogP contribution in [0.1, 0.15) is 0 Å². The number of pyridine rings is 1. The molecular formula is C39H24N4. The maximum Gasteiger partial charge on any atom is 0.145 e. The van der Waals surface area contributed by atoms with E-state index in [4.69, 9.17) is 4.98 Å². The number of nitrogens with zero attached hydrogens (tertiary/aromatic N) is 4. The molecular weight excluding hydrogens is 524 g/mol. The topological polar surface area (TPSA) is 27.2 Å². The van der Waals surface area contributed by atoms with Gasteiger partial charge < -0.3 is 9.13 Å². The maximum absolute atomic E-state index is 4.75. The van der Waals surface area contributed by atoms with Crippen LogP contribution in [-0.4, -0.2) is 18.5 Å². The number of aromatic nitrogens is 4. The first-order valence-corrected chi connectivity index (χ1v) is 14.6. The van der Waals surface area contributed by atoms with Crippen LogP contribution in [0.2, 0.25) is 0 Å². The lowest BCUT2D eigenvalue weighted by atomic mass is 10.0. The van der Waals surface area contributed by atoms with Gasteiger partial charge in [0, 0.05) is 56.1 Å². The lowest BCUT2D eigenvalue weighted by molar-refractivity contribution is 1.17. The first-order valence-electron chi connectivity index (χ1n) is 14.6. The van der Waals surface area contributed by atoms with E-state index >= 15 is 0 Å². The Labute approximate surface area is 246 Å². The van der Waals surface area contributed by atoms with Crippen LogP contribution in [0.15, 0.2) is 146 Å². The van der Waals surface area contributed by atoms with E-state index in [0.717, 1.165) is 22.2 Å². The summed E-state index contributed by atoms with van der Waals surface area (Å²) >= 11 is 0. The van der Waals surface area contributed by atoms with Crippen molar-refractivity contribution < 1.29 is 0 Å². The van der Waals surface area contributed by atoms with Crippen molar-refractivity contribution in [2.45, 2.75) is 0 Å². The van der Waals surface area contributed by atoms with Crippen LogP contribution < -0.4 is 0 Å². The summed E-state index contributed by atoms with van der Waals surface area (Å²) in [4.78, 5) is 4.75. The van der Waals surface area contributed by atoms with Gasteiger partial charge in [0.15, 0.2) is 0 Å². The molecule has 0 unspecified atom stereocenters. The van der Waals surface area contributed by atoms with Gasteiger partial charge in [0.05, 0.1) is 27.6 Å². The predicted octanol–water partition coefficient (Wildman–Crippen LogP) is 9.83. The highest BCUT2D eigenvalue weighted by molar-refractivity contribution is 6.23. The molecule has 0 radical (unpaired) electrons. The minimum atomic E-state index is 0.985. The van der Waals surface area contributed by atoms with Crippen molar-refractivity contribution in [3.05, 3.63) is 146 Å². The zero-order valence-electron chi connectivity index (χ0n) is 23.1. The minimum absolute atomic E-state index is 0.985. The second-order valence-electron chi connectivity index (χ2n) is 11.3. The summed E-state index contributed by atoms with van der Waals surface area (Å²) in [5.41, 5.74) is 9.26. The van der Waals surface area contributed by atoms with Crippen molar-refractivity contribution in [1.29, 1.82) is 0 Å². The summed E-state index contributed by atoms with van der Waals surface area (Å²) in [6.07, 6.45) is 3.98. The van der Waals surface area contributed by atoms with Crippen molar-refractivity contribution in [2.75, 3.05) is 0 Å². The smallest absolute Gasteiger partial charge is 0.145 e. The lowest BCUT2D eigenvalue weighted by Crippen LogP contribution is -1.95. The van der Waals surface area contributed by atoms with Gasteiger partial charge in [0.25, 0.3) is 0 Å². The van der Waals surface area contributed by atoms with Crippen molar-refractivity contribution in [3.63, 3.8) is 0 Å². The molecule has 10 aromatic rings. The molecule has 4 heteroatoms. The molecule has 0 aliphatic carbocycles. The molecule has 0 aliphatic rings. The van der Waals surface area contributed by atoms with E-state index in [1.54, 1.807) is 0 Å². The maximum atomic E-state index is 4.75. The van der Waals surface area contributed by atoms with Gasteiger partial charge in [-0.05, 0) is 60.0 Å². The third-order valence-electron chi connectivity index (χ3n) is 9.06. The van der Waals surface area contributed by atoms with Gasteiger partial charge in [-0.1, -0.05) is 78.9 Å². The molecule has 0 saturated carbocycles. The summed E-state index contributed by atoms with van der Waals surface area (Å²) in [6.45, 7) is 0. The summed E-state index contributed by atoms with van der Waals surface area (Å²) in [7, 11) is 0. The van der Waals surface area contributed by atoms with Crippen molar-refractivity contribution in [2.24, 2.45) is 0 Å². The highest BCUT2D eigenvalue weighted by Crippen LogP contribution is 2.41. The molecule has 0 spiro atoms. The van der Waals surface area contributed by atoms with Gasteiger partial charge in [-0.15, -0.1) is 0 Å². The molecule has 0 bridgehead atoms. The Bertz CT molecular complexity index is 2710. The van der Waals surface area contributed by atoms with E-state index in [0.29, 0.717) is 0 Å². The molecule has 10 rings (SSSR count). The van der Waals surface area contributed by atoms with Gasteiger partial charge in [-0.2, -0.15) is 0 Å². The van der Waals surface area contributed by atoms with E-state index < -0.39 is 0 Å². The largest absolute Gasteiger partial charge is 0.309 e. The Kier molecular flexibility index (Phi) is 4.42. The summed E-state index contributed by atoms with van der Waals surface area (Å²) in [5.74, 6) is 0. The van der Waals surface area contributed by atoms with E-state index in [2.05, 4.69) is 153 Å². The van der Waals surface area contributed by atoms with Crippen molar-refractivity contribution in [3.8, 4) is 11.4 Å². The van der Waals surface area contributed by atoms with Crippen LogP contribution in [0.5, 0.6) is 0 Å². The second-order valence-corrected chi connectivity index (χ2v) is 11.3. The van der Waals surface area contributed by atoms with Gasteiger partial charge in [0.1, 0.15) is 5.65 Å². The zero-order valence-corrected chi connectivity index (χ0v) is 23.1. The minimum Gasteiger partial charge on any atom is -0.309 e. The summed E-state index contributed by atoms with van der Waals surface area (Å²) in [5, 5.41) is 8.59. The van der Waals surface area contributed by atoms with Gasteiger partial charge in [-0.25, -0.2) is 4.98 Å². The number of hydrogen-bond acceptors (Lipinski definition) is 1. The Morgan fingerprint density at radius 3 is 1.60 bits per heavy atom. The third-order valence-corrected chi connectivity index (χ3v) is 9.06. The predicted molar refractivity (Wildman–Crippen MR) is 179 cm³/mol. The van der Waals surface area contributed by atoms with Gasteiger partial charge in [0.2, 0.25) is 0 Å². The van der Waals surface area contributed by atoms with Crippen LogP contribution in [0.25, 0.3) is 82.3 Å².